The summed E-state index contributed by atoms with van der Waals surface area (Å²) >= 11 is 1.48. The molecule has 0 radical (unpaired) electrons. The topological polar surface area (TPSA) is 60.0 Å². The smallest absolute Gasteiger partial charge is 0.265 e. The van der Waals surface area contributed by atoms with E-state index in [0.29, 0.717) is 42.7 Å². The minimum atomic E-state index is -0.154. The molecular formula is C23H26N2O4S. The summed E-state index contributed by atoms with van der Waals surface area (Å²) in [5, 5.41) is 4.09. The number of benzene rings is 2. The van der Waals surface area contributed by atoms with Gasteiger partial charge in [0, 0.05) is 29.9 Å². The Morgan fingerprint density at radius 1 is 1.07 bits per heavy atom. The number of carbonyl (C=O) groups excluding carboxylic acids is 1. The molecule has 158 valence electrons. The van der Waals surface area contributed by atoms with E-state index < -0.39 is 0 Å². The largest absolute Gasteiger partial charge is 0.492 e. The van der Waals surface area contributed by atoms with Crippen molar-refractivity contribution in [2.75, 3.05) is 49.7 Å². The maximum Gasteiger partial charge on any atom is 0.265 e. The van der Waals surface area contributed by atoms with Crippen LogP contribution in [0.1, 0.15) is 23.5 Å². The highest BCUT2D eigenvalue weighted by atomic mass is 32.1. The van der Waals surface area contributed by atoms with E-state index in [1.807, 2.05) is 56.3 Å². The molecule has 0 unspecified atom stereocenters. The summed E-state index contributed by atoms with van der Waals surface area (Å²) in [5.41, 5.74) is 1.57. The summed E-state index contributed by atoms with van der Waals surface area (Å²) < 4.78 is 18.4. The van der Waals surface area contributed by atoms with Crippen LogP contribution < -0.4 is 19.7 Å². The Morgan fingerprint density at radius 2 is 1.80 bits per heavy atom. The molecule has 1 aromatic heterocycles. The number of carbonyl (C=O) groups is 1. The van der Waals surface area contributed by atoms with E-state index in [4.69, 9.17) is 14.2 Å². The van der Waals surface area contributed by atoms with Gasteiger partial charge in [0.15, 0.2) is 0 Å². The van der Waals surface area contributed by atoms with Crippen LogP contribution in [0.3, 0.4) is 0 Å². The standard InChI is InChI=1S/C23H26N2O4S/c1-3-28-19-15-18(25-9-11-27-12-10-25)20(29-4-2)14-17(19)24-23(26)22-13-16-7-5-6-8-21(16)30-22/h5-8,13-15H,3-4,9-12H2,1-2H3,(H,24,26). The lowest BCUT2D eigenvalue weighted by Gasteiger charge is -2.31. The number of nitrogens with one attached hydrogen (secondary N) is 1. The van der Waals surface area contributed by atoms with Gasteiger partial charge in [0.1, 0.15) is 11.5 Å². The van der Waals surface area contributed by atoms with Crippen LogP contribution in [-0.4, -0.2) is 45.4 Å². The van der Waals surface area contributed by atoms with Gasteiger partial charge in [0.05, 0.1) is 42.7 Å². The molecule has 2 aromatic carbocycles. The molecule has 2 heterocycles. The number of ether oxygens (including phenoxy) is 3. The van der Waals surface area contributed by atoms with Crippen LogP contribution in [0, 0.1) is 0 Å². The molecule has 3 aromatic rings. The van der Waals surface area contributed by atoms with E-state index >= 15 is 0 Å². The molecule has 1 aliphatic rings. The lowest BCUT2D eigenvalue weighted by Crippen LogP contribution is -2.36. The first-order valence-electron chi connectivity index (χ1n) is 10.3. The van der Waals surface area contributed by atoms with E-state index in [9.17, 15) is 4.79 Å². The van der Waals surface area contributed by atoms with Gasteiger partial charge in [-0.3, -0.25) is 4.79 Å². The maximum absolute atomic E-state index is 13.0. The van der Waals surface area contributed by atoms with Gasteiger partial charge in [0.25, 0.3) is 5.91 Å². The van der Waals surface area contributed by atoms with Crippen molar-refractivity contribution in [3.63, 3.8) is 0 Å². The fourth-order valence-electron chi connectivity index (χ4n) is 3.52. The molecule has 0 spiro atoms. The summed E-state index contributed by atoms with van der Waals surface area (Å²) in [5.74, 6) is 1.21. The van der Waals surface area contributed by atoms with Crippen LogP contribution in [0.4, 0.5) is 11.4 Å². The monoisotopic (exact) mass is 426 g/mol. The number of rotatable bonds is 7. The quantitative estimate of drug-likeness (QED) is 0.589. The summed E-state index contributed by atoms with van der Waals surface area (Å²) in [6, 6.07) is 13.7. The minimum Gasteiger partial charge on any atom is -0.492 e. The van der Waals surface area contributed by atoms with Crippen LogP contribution in [0.2, 0.25) is 0 Å². The number of amides is 1. The van der Waals surface area contributed by atoms with Crippen molar-refractivity contribution < 1.29 is 19.0 Å². The molecule has 0 saturated carbocycles. The Morgan fingerprint density at radius 3 is 2.53 bits per heavy atom. The van der Waals surface area contributed by atoms with Crippen molar-refractivity contribution in [3.05, 3.63) is 47.3 Å². The van der Waals surface area contributed by atoms with Gasteiger partial charge in [-0.2, -0.15) is 0 Å². The molecule has 4 rings (SSSR count). The molecule has 0 aliphatic carbocycles. The molecule has 1 saturated heterocycles. The molecule has 0 bridgehead atoms. The lowest BCUT2D eigenvalue weighted by atomic mass is 10.2. The van der Waals surface area contributed by atoms with Gasteiger partial charge < -0.3 is 24.4 Å². The van der Waals surface area contributed by atoms with Gasteiger partial charge in [-0.15, -0.1) is 11.3 Å². The third kappa shape index (κ3) is 4.37. The van der Waals surface area contributed by atoms with Crippen molar-refractivity contribution in [1.29, 1.82) is 0 Å². The molecule has 1 fully saturated rings. The van der Waals surface area contributed by atoms with Crippen molar-refractivity contribution in [2.45, 2.75) is 13.8 Å². The zero-order valence-corrected chi connectivity index (χ0v) is 18.1. The average molecular weight is 427 g/mol. The molecule has 7 heteroatoms. The number of morpholine rings is 1. The first-order chi connectivity index (χ1) is 14.7. The predicted molar refractivity (Wildman–Crippen MR) is 122 cm³/mol. The molecule has 1 aliphatic heterocycles. The van der Waals surface area contributed by atoms with Crippen LogP contribution in [0.25, 0.3) is 10.1 Å². The highest BCUT2D eigenvalue weighted by Crippen LogP contribution is 2.40. The SMILES string of the molecule is CCOc1cc(N2CCOCC2)c(OCC)cc1NC(=O)c1cc2ccccc2s1. The Hall–Kier alpha value is -2.77. The molecule has 30 heavy (non-hydrogen) atoms. The summed E-state index contributed by atoms with van der Waals surface area (Å²) in [7, 11) is 0. The van der Waals surface area contributed by atoms with Crippen LogP contribution >= 0.6 is 11.3 Å². The van der Waals surface area contributed by atoms with Gasteiger partial charge in [0.2, 0.25) is 0 Å². The van der Waals surface area contributed by atoms with Crippen LogP contribution in [-0.2, 0) is 4.74 Å². The van der Waals surface area contributed by atoms with E-state index in [0.717, 1.165) is 34.6 Å². The first-order valence-corrected chi connectivity index (χ1v) is 11.1. The molecule has 6 nitrogen and oxygen atoms in total. The predicted octanol–water partition coefficient (Wildman–Crippen LogP) is 4.79. The second-order valence-electron chi connectivity index (χ2n) is 6.88. The molecular weight excluding hydrogens is 400 g/mol. The Labute approximate surface area is 180 Å². The first kappa shape index (κ1) is 20.5. The molecule has 1 N–H and O–H groups in total. The number of anilines is 2. The Bertz CT molecular complexity index is 994. The Balaban J connectivity index is 1.66. The minimum absolute atomic E-state index is 0.154. The number of hydrogen-bond donors (Lipinski definition) is 1. The van der Waals surface area contributed by atoms with Gasteiger partial charge in [-0.1, -0.05) is 18.2 Å². The molecule has 0 atom stereocenters. The van der Waals surface area contributed by atoms with Crippen LogP contribution in [0.15, 0.2) is 42.5 Å². The normalized spacial score (nSPS) is 14.0. The number of thiophene rings is 1. The average Bonchev–Trinajstić information content (AvgIpc) is 3.21. The lowest BCUT2D eigenvalue weighted by molar-refractivity contribution is 0.103. The van der Waals surface area contributed by atoms with E-state index in [1.165, 1.54) is 11.3 Å². The number of fused-ring (bicyclic) bond motifs is 1. The van der Waals surface area contributed by atoms with Gasteiger partial charge in [-0.25, -0.2) is 0 Å². The van der Waals surface area contributed by atoms with Crippen molar-refractivity contribution in [2.24, 2.45) is 0 Å². The van der Waals surface area contributed by atoms with Crippen molar-refractivity contribution in [1.82, 2.24) is 0 Å². The van der Waals surface area contributed by atoms with E-state index in [1.54, 1.807) is 0 Å². The van der Waals surface area contributed by atoms with Gasteiger partial charge >= 0.3 is 0 Å². The third-order valence-electron chi connectivity index (χ3n) is 4.91. The highest BCUT2D eigenvalue weighted by molar-refractivity contribution is 7.20. The summed E-state index contributed by atoms with van der Waals surface area (Å²) in [4.78, 5) is 15.9. The zero-order chi connectivity index (χ0) is 20.9. The second kappa shape index (κ2) is 9.36. The maximum atomic E-state index is 13.0. The summed E-state index contributed by atoms with van der Waals surface area (Å²) in [6.45, 7) is 7.87. The fraction of sp³-hybridized carbons (Fsp3) is 0.348. The third-order valence-corrected chi connectivity index (χ3v) is 6.02. The second-order valence-corrected chi connectivity index (χ2v) is 7.97. The Kier molecular flexibility index (Phi) is 6.40. The fourth-order valence-corrected chi connectivity index (χ4v) is 4.48. The van der Waals surface area contributed by atoms with Gasteiger partial charge in [-0.05, 0) is 31.4 Å². The highest BCUT2D eigenvalue weighted by Gasteiger charge is 2.21. The van der Waals surface area contributed by atoms with Crippen molar-refractivity contribution in [3.8, 4) is 11.5 Å². The zero-order valence-electron chi connectivity index (χ0n) is 17.3. The number of hydrogen-bond acceptors (Lipinski definition) is 6. The summed E-state index contributed by atoms with van der Waals surface area (Å²) in [6.07, 6.45) is 0. The van der Waals surface area contributed by atoms with Crippen LogP contribution in [0.5, 0.6) is 11.5 Å². The van der Waals surface area contributed by atoms with E-state index in [2.05, 4.69) is 10.2 Å². The molecule has 1 amide bonds. The van der Waals surface area contributed by atoms with E-state index in [-0.39, 0.29) is 5.91 Å². The number of nitrogens with zero attached hydrogens (tertiary/aromatic N) is 1. The van der Waals surface area contributed by atoms with Crippen molar-refractivity contribution >= 4 is 38.7 Å².